The van der Waals surface area contributed by atoms with Gasteiger partial charge in [0.15, 0.2) is 5.16 Å². The zero-order valence-electron chi connectivity index (χ0n) is 17.1. The molecule has 1 aliphatic rings. The SMILES string of the molecule is COc1ccc2nc(SCC(=O)Nc3ccc(S(=O)(=O)N4CCCCC4)cc3)[nH]c2c1. The van der Waals surface area contributed by atoms with Gasteiger partial charge >= 0.3 is 0 Å². The highest BCUT2D eigenvalue weighted by Gasteiger charge is 2.25. The second-order valence-corrected chi connectivity index (χ2v) is 10.2. The van der Waals surface area contributed by atoms with Gasteiger partial charge in [-0.1, -0.05) is 18.2 Å². The van der Waals surface area contributed by atoms with E-state index >= 15 is 0 Å². The molecule has 164 valence electrons. The molecule has 1 aromatic heterocycles. The predicted octanol–water partition coefficient (Wildman–Crippen LogP) is 3.48. The molecule has 2 N–H and O–H groups in total. The number of carbonyl (C=O) groups excluding carboxylic acids is 1. The van der Waals surface area contributed by atoms with Gasteiger partial charge in [0.25, 0.3) is 0 Å². The molecule has 1 amide bonds. The summed E-state index contributed by atoms with van der Waals surface area (Å²) in [4.78, 5) is 20.2. The number of aromatic amines is 1. The number of piperidine rings is 1. The highest BCUT2D eigenvalue weighted by Crippen LogP contribution is 2.24. The van der Waals surface area contributed by atoms with Crippen molar-refractivity contribution in [1.29, 1.82) is 0 Å². The summed E-state index contributed by atoms with van der Waals surface area (Å²) < 4.78 is 32.2. The van der Waals surface area contributed by atoms with E-state index in [1.54, 1.807) is 31.4 Å². The molecule has 4 rings (SSSR count). The first-order valence-corrected chi connectivity index (χ1v) is 12.4. The van der Waals surface area contributed by atoms with Crippen LogP contribution in [0.2, 0.25) is 0 Å². The van der Waals surface area contributed by atoms with Gasteiger partial charge < -0.3 is 15.0 Å². The molecule has 3 aromatic rings. The molecule has 8 nitrogen and oxygen atoms in total. The number of nitrogens with one attached hydrogen (secondary N) is 2. The normalized spacial score (nSPS) is 15.1. The lowest BCUT2D eigenvalue weighted by Gasteiger charge is -2.25. The van der Waals surface area contributed by atoms with E-state index in [0.29, 0.717) is 23.9 Å². The Balaban J connectivity index is 1.34. The van der Waals surface area contributed by atoms with Gasteiger partial charge in [-0.2, -0.15) is 4.31 Å². The van der Waals surface area contributed by atoms with Gasteiger partial charge in [0.05, 0.1) is 28.8 Å². The first kappa shape index (κ1) is 21.7. The number of carbonyl (C=O) groups is 1. The van der Waals surface area contributed by atoms with Gasteiger partial charge in [0.1, 0.15) is 5.75 Å². The van der Waals surface area contributed by atoms with Crippen molar-refractivity contribution in [2.75, 3.05) is 31.3 Å². The van der Waals surface area contributed by atoms with E-state index in [0.717, 1.165) is 36.0 Å². The monoisotopic (exact) mass is 460 g/mol. The first-order chi connectivity index (χ1) is 15.0. The standard InChI is InChI=1S/C21H24N4O4S2/c1-29-16-7-10-18-19(13-16)24-21(23-18)30-14-20(26)22-15-5-8-17(9-6-15)31(27,28)25-11-3-2-4-12-25/h5-10,13H,2-4,11-12,14H2,1H3,(H,22,26)(H,23,24). The number of benzene rings is 2. The van der Waals surface area contributed by atoms with E-state index in [-0.39, 0.29) is 16.6 Å². The summed E-state index contributed by atoms with van der Waals surface area (Å²) >= 11 is 1.29. The number of hydrogen-bond donors (Lipinski definition) is 2. The number of imidazole rings is 1. The fourth-order valence-corrected chi connectivity index (χ4v) is 5.66. The first-order valence-electron chi connectivity index (χ1n) is 10.0. The number of amides is 1. The van der Waals surface area contributed by atoms with Gasteiger partial charge in [-0.05, 0) is 49.2 Å². The van der Waals surface area contributed by atoms with Crippen LogP contribution in [-0.4, -0.2) is 54.6 Å². The van der Waals surface area contributed by atoms with Crippen LogP contribution in [0.1, 0.15) is 19.3 Å². The third-order valence-electron chi connectivity index (χ3n) is 5.10. The van der Waals surface area contributed by atoms with Crippen molar-refractivity contribution in [3.8, 4) is 5.75 Å². The van der Waals surface area contributed by atoms with Gasteiger partial charge in [0, 0.05) is 24.8 Å². The maximum absolute atomic E-state index is 12.7. The van der Waals surface area contributed by atoms with Crippen LogP contribution in [0, 0.1) is 0 Å². The van der Waals surface area contributed by atoms with Crippen molar-refractivity contribution >= 4 is 44.4 Å². The second kappa shape index (κ2) is 9.29. The Morgan fingerprint density at radius 1 is 1.16 bits per heavy atom. The number of ether oxygens (including phenoxy) is 1. The van der Waals surface area contributed by atoms with E-state index in [2.05, 4.69) is 15.3 Å². The smallest absolute Gasteiger partial charge is 0.243 e. The summed E-state index contributed by atoms with van der Waals surface area (Å²) in [7, 11) is -1.87. The predicted molar refractivity (Wildman–Crippen MR) is 121 cm³/mol. The van der Waals surface area contributed by atoms with Crippen LogP contribution in [0.4, 0.5) is 5.69 Å². The second-order valence-electron chi connectivity index (χ2n) is 7.25. The number of thioether (sulfide) groups is 1. The summed E-state index contributed by atoms with van der Waals surface area (Å²) in [6.07, 6.45) is 2.85. The topological polar surface area (TPSA) is 104 Å². The van der Waals surface area contributed by atoms with Crippen molar-refractivity contribution in [1.82, 2.24) is 14.3 Å². The van der Waals surface area contributed by atoms with E-state index < -0.39 is 10.0 Å². The Kier molecular flexibility index (Phi) is 6.49. The molecule has 2 heterocycles. The molecule has 0 atom stereocenters. The molecule has 0 saturated carbocycles. The molecule has 1 saturated heterocycles. The molecule has 0 spiro atoms. The summed E-state index contributed by atoms with van der Waals surface area (Å²) in [5, 5.41) is 3.43. The van der Waals surface area contributed by atoms with Crippen molar-refractivity contribution in [3.05, 3.63) is 42.5 Å². The third kappa shape index (κ3) is 5.03. The van der Waals surface area contributed by atoms with Crippen LogP contribution in [-0.2, 0) is 14.8 Å². The zero-order valence-corrected chi connectivity index (χ0v) is 18.8. The Morgan fingerprint density at radius 3 is 2.61 bits per heavy atom. The van der Waals surface area contributed by atoms with E-state index in [4.69, 9.17) is 4.74 Å². The quantitative estimate of drug-likeness (QED) is 0.523. The van der Waals surface area contributed by atoms with Gasteiger partial charge in [-0.15, -0.1) is 0 Å². The average molecular weight is 461 g/mol. The largest absolute Gasteiger partial charge is 0.497 e. The number of anilines is 1. The van der Waals surface area contributed by atoms with Crippen LogP contribution in [0.3, 0.4) is 0 Å². The minimum atomic E-state index is -3.48. The maximum atomic E-state index is 12.7. The van der Waals surface area contributed by atoms with Crippen LogP contribution < -0.4 is 10.1 Å². The molecule has 0 radical (unpaired) electrons. The molecule has 2 aromatic carbocycles. The Morgan fingerprint density at radius 2 is 1.90 bits per heavy atom. The number of hydrogen-bond acceptors (Lipinski definition) is 6. The lowest BCUT2D eigenvalue weighted by Crippen LogP contribution is -2.35. The molecular formula is C21H24N4O4S2. The van der Waals surface area contributed by atoms with Crippen LogP contribution >= 0.6 is 11.8 Å². The number of H-pyrrole nitrogens is 1. The van der Waals surface area contributed by atoms with Crippen LogP contribution in [0.25, 0.3) is 11.0 Å². The molecule has 1 fully saturated rings. The summed E-state index contributed by atoms with van der Waals surface area (Å²) in [5.74, 6) is 0.705. The minimum Gasteiger partial charge on any atom is -0.497 e. The van der Waals surface area contributed by atoms with Crippen molar-refractivity contribution in [3.63, 3.8) is 0 Å². The lowest BCUT2D eigenvalue weighted by atomic mass is 10.2. The maximum Gasteiger partial charge on any atom is 0.243 e. The number of methoxy groups -OCH3 is 1. The van der Waals surface area contributed by atoms with Gasteiger partial charge in [-0.25, -0.2) is 13.4 Å². The summed E-state index contributed by atoms with van der Waals surface area (Å²) in [6, 6.07) is 11.9. The van der Waals surface area contributed by atoms with Crippen LogP contribution in [0.5, 0.6) is 5.75 Å². The fourth-order valence-electron chi connectivity index (χ4n) is 3.46. The molecule has 0 bridgehead atoms. The molecule has 1 aliphatic heterocycles. The number of aromatic nitrogens is 2. The minimum absolute atomic E-state index is 0.171. The van der Waals surface area contributed by atoms with E-state index in [9.17, 15) is 13.2 Å². The molecule has 31 heavy (non-hydrogen) atoms. The van der Waals surface area contributed by atoms with Crippen LogP contribution in [0.15, 0.2) is 52.5 Å². The number of nitrogens with zero attached hydrogens (tertiary/aromatic N) is 2. The third-order valence-corrected chi connectivity index (χ3v) is 7.88. The van der Waals surface area contributed by atoms with Crippen molar-refractivity contribution in [2.24, 2.45) is 0 Å². The number of sulfonamides is 1. The van der Waals surface area contributed by atoms with Crippen molar-refractivity contribution < 1.29 is 17.9 Å². The van der Waals surface area contributed by atoms with Gasteiger partial charge in [-0.3, -0.25) is 4.79 Å². The molecular weight excluding hydrogens is 436 g/mol. The Bertz CT molecular complexity index is 1170. The Hall–Kier alpha value is -2.56. The molecule has 0 unspecified atom stereocenters. The summed E-state index contributed by atoms with van der Waals surface area (Å²) in [6.45, 7) is 1.12. The molecule has 0 aliphatic carbocycles. The highest BCUT2D eigenvalue weighted by molar-refractivity contribution is 7.99. The Labute approximate surface area is 185 Å². The fraction of sp³-hybridized carbons (Fsp3) is 0.333. The molecule has 10 heteroatoms. The number of rotatable bonds is 7. The zero-order chi connectivity index (χ0) is 21.8. The number of fused-ring (bicyclic) bond motifs is 1. The van der Waals surface area contributed by atoms with Crippen molar-refractivity contribution in [2.45, 2.75) is 29.3 Å². The highest BCUT2D eigenvalue weighted by atomic mass is 32.2. The summed E-state index contributed by atoms with van der Waals surface area (Å²) in [5.41, 5.74) is 2.19. The van der Waals surface area contributed by atoms with E-state index in [1.807, 2.05) is 18.2 Å². The average Bonchev–Trinajstić information content (AvgIpc) is 3.21. The van der Waals surface area contributed by atoms with Gasteiger partial charge in [0.2, 0.25) is 15.9 Å². The lowest BCUT2D eigenvalue weighted by molar-refractivity contribution is -0.113. The van der Waals surface area contributed by atoms with E-state index in [1.165, 1.54) is 16.1 Å².